The van der Waals surface area contributed by atoms with Crippen molar-refractivity contribution in [2.45, 2.75) is 40.7 Å². The Kier molecular flexibility index (Phi) is 4.36. The third-order valence-electron chi connectivity index (χ3n) is 4.22. The lowest BCUT2D eigenvalue weighted by Crippen LogP contribution is -2.08. The molecule has 106 valence electrons. The van der Waals surface area contributed by atoms with Crippen LogP contribution in [0.5, 0.6) is 0 Å². The largest absolute Gasteiger partial charge is 0.384 e. The molecule has 20 heavy (non-hydrogen) atoms. The van der Waals surface area contributed by atoms with Gasteiger partial charge in [0, 0.05) is 4.47 Å². The zero-order valence-corrected chi connectivity index (χ0v) is 14.3. The highest BCUT2D eigenvalue weighted by Crippen LogP contribution is 2.33. The van der Waals surface area contributed by atoms with Crippen LogP contribution in [0.1, 0.15) is 45.0 Å². The Morgan fingerprint density at radius 2 is 1.40 bits per heavy atom. The van der Waals surface area contributed by atoms with Crippen LogP contribution in [-0.4, -0.2) is 5.11 Å². The Morgan fingerprint density at radius 1 is 0.850 bits per heavy atom. The van der Waals surface area contributed by atoms with Gasteiger partial charge in [-0.15, -0.1) is 0 Å². The van der Waals surface area contributed by atoms with Gasteiger partial charge in [0.25, 0.3) is 0 Å². The van der Waals surface area contributed by atoms with Gasteiger partial charge < -0.3 is 5.11 Å². The second-order valence-corrected chi connectivity index (χ2v) is 6.49. The number of hydrogen-bond donors (Lipinski definition) is 1. The van der Waals surface area contributed by atoms with Crippen LogP contribution in [0.15, 0.2) is 28.7 Å². The minimum absolute atomic E-state index is 0.568. The summed E-state index contributed by atoms with van der Waals surface area (Å²) in [6.45, 7) is 10.4. The lowest BCUT2D eigenvalue weighted by molar-refractivity contribution is 0.218. The molecule has 1 unspecified atom stereocenters. The smallest absolute Gasteiger partial charge is 0.105 e. The highest BCUT2D eigenvalue weighted by Gasteiger charge is 2.19. The van der Waals surface area contributed by atoms with Crippen molar-refractivity contribution in [1.82, 2.24) is 0 Å². The first kappa shape index (κ1) is 15.3. The highest BCUT2D eigenvalue weighted by molar-refractivity contribution is 9.10. The quantitative estimate of drug-likeness (QED) is 0.813. The van der Waals surface area contributed by atoms with Gasteiger partial charge in [0.2, 0.25) is 0 Å². The molecule has 0 heterocycles. The maximum Gasteiger partial charge on any atom is 0.105 e. The third kappa shape index (κ3) is 2.68. The van der Waals surface area contributed by atoms with Crippen LogP contribution < -0.4 is 0 Å². The van der Waals surface area contributed by atoms with E-state index in [0.29, 0.717) is 0 Å². The molecule has 1 nitrogen and oxygen atoms in total. The monoisotopic (exact) mass is 332 g/mol. The maximum atomic E-state index is 10.9. The number of rotatable bonds is 2. The topological polar surface area (TPSA) is 20.2 Å². The van der Waals surface area contributed by atoms with E-state index in [-0.39, 0.29) is 0 Å². The summed E-state index contributed by atoms with van der Waals surface area (Å²) in [5.74, 6) is 0. The average molecular weight is 333 g/mol. The van der Waals surface area contributed by atoms with Gasteiger partial charge in [-0.05, 0) is 85.7 Å². The molecular formula is C18H21BrO. The van der Waals surface area contributed by atoms with Crippen molar-refractivity contribution in [3.63, 3.8) is 0 Å². The number of hydrogen-bond acceptors (Lipinski definition) is 1. The zero-order chi connectivity index (χ0) is 15.0. The van der Waals surface area contributed by atoms with Gasteiger partial charge >= 0.3 is 0 Å². The fourth-order valence-corrected chi connectivity index (χ4v) is 3.23. The summed E-state index contributed by atoms with van der Waals surface area (Å²) in [5.41, 5.74) is 7.96. The molecule has 0 spiro atoms. The van der Waals surface area contributed by atoms with Gasteiger partial charge in [0.05, 0.1) is 0 Å². The van der Waals surface area contributed by atoms with E-state index in [1.165, 1.54) is 22.3 Å². The molecule has 2 aromatic carbocycles. The molecule has 2 aromatic rings. The summed E-state index contributed by atoms with van der Waals surface area (Å²) in [4.78, 5) is 0. The van der Waals surface area contributed by atoms with E-state index in [1.54, 1.807) is 0 Å². The molecular weight excluding hydrogens is 312 g/mol. The Balaban J connectivity index is 2.62. The first-order valence-electron chi connectivity index (χ1n) is 6.84. The maximum absolute atomic E-state index is 10.9. The van der Waals surface area contributed by atoms with E-state index in [0.717, 1.165) is 21.2 Å². The Hall–Kier alpha value is -1.12. The van der Waals surface area contributed by atoms with Crippen molar-refractivity contribution < 1.29 is 5.11 Å². The van der Waals surface area contributed by atoms with Crippen molar-refractivity contribution in [1.29, 1.82) is 0 Å². The number of benzene rings is 2. The van der Waals surface area contributed by atoms with Crippen molar-refractivity contribution in [3.8, 4) is 0 Å². The molecule has 0 aliphatic carbocycles. The molecule has 0 radical (unpaired) electrons. The molecule has 0 aliphatic rings. The second-order valence-electron chi connectivity index (χ2n) is 5.58. The van der Waals surface area contributed by atoms with E-state index in [9.17, 15) is 5.11 Å². The van der Waals surface area contributed by atoms with Crippen molar-refractivity contribution >= 4 is 15.9 Å². The molecule has 2 heteroatoms. The van der Waals surface area contributed by atoms with Crippen LogP contribution in [0.25, 0.3) is 0 Å². The van der Waals surface area contributed by atoms with Crippen LogP contribution in [0, 0.1) is 34.6 Å². The van der Waals surface area contributed by atoms with Crippen molar-refractivity contribution in [2.24, 2.45) is 0 Å². The molecule has 0 bridgehead atoms. The molecule has 0 amide bonds. The molecule has 0 aliphatic heterocycles. The molecule has 0 aromatic heterocycles. The van der Waals surface area contributed by atoms with Crippen LogP contribution >= 0.6 is 15.9 Å². The van der Waals surface area contributed by atoms with Crippen LogP contribution in [0.3, 0.4) is 0 Å². The average Bonchev–Trinajstić information content (AvgIpc) is 2.36. The predicted octanol–water partition coefficient (Wildman–Crippen LogP) is 5.07. The number of aliphatic hydroxyl groups excluding tert-OH is 1. The SMILES string of the molecule is Cc1cc(Br)ccc1C(O)c1c(C)c(C)cc(C)c1C. The molecule has 2 rings (SSSR count). The Labute approximate surface area is 129 Å². The molecule has 1 atom stereocenters. The minimum atomic E-state index is -0.568. The summed E-state index contributed by atoms with van der Waals surface area (Å²) < 4.78 is 1.04. The predicted molar refractivity (Wildman–Crippen MR) is 88.3 cm³/mol. The summed E-state index contributed by atoms with van der Waals surface area (Å²) >= 11 is 3.47. The standard InChI is InChI=1S/C18H21BrO/c1-10-8-11(2)14(5)17(13(10)4)18(20)16-7-6-15(19)9-12(16)3/h6-9,18,20H,1-5H3. The molecule has 0 saturated carbocycles. The van der Waals surface area contributed by atoms with Gasteiger partial charge in [0.1, 0.15) is 6.10 Å². The van der Waals surface area contributed by atoms with E-state index >= 15 is 0 Å². The lowest BCUT2D eigenvalue weighted by atomic mass is 9.87. The summed E-state index contributed by atoms with van der Waals surface area (Å²) in [5, 5.41) is 10.9. The molecule has 1 N–H and O–H groups in total. The van der Waals surface area contributed by atoms with Gasteiger partial charge in [0.15, 0.2) is 0 Å². The number of aryl methyl sites for hydroxylation is 3. The minimum Gasteiger partial charge on any atom is -0.384 e. The fraction of sp³-hybridized carbons (Fsp3) is 0.333. The van der Waals surface area contributed by atoms with Crippen molar-refractivity contribution in [2.75, 3.05) is 0 Å². The molecule has 0 saturated heterocycles. The van der Waals surface area contributed by atoms with E-state index in [4.69, 9.17) is 0 Å². The molecule has 0 fully saturated rings. The van der Waals surface area contributed by atoms with Gasteiger partial charge in [-0.3, -0.25) is 0 Å². The highest BCUT2D eigenvalue weighted by atomic mass is 79.9. The van der Waals surface area contributed by atoms with Gasteiger partial charge in [-0.25, -0.2) is 0 Å². The summed E-state index contributed by atoms with van der Waals surface area (Å²) in [7, 11) is 0. The van der Waals surface area contributed by atoms with E-state index in [1.807, 2.05) is 25.1 Å². The first-order chi connectivity index (χ1) is 9.32. The fourth-order valence-electron chi connectivity index (χ4n) is 2.76. The summed E-state index contributed by atoms with van der Waals surface area (Å²) in [6.07, 6.45) is -0.568. The van der Waals surface area contributed by atoms with E-state index in [2.05, 4.69) is 49.7 Å². The van der Waals surface area contributed by atoms with Crippen molar-refractivity contribution in [3.05, 3.63) is 67.7 Å². The third-order valence-corrected chi connectivity index (χ3v) is 4.72. The zero-order valence-electron chi connectivity index (χ0n) is 12.7. The van der Waals surface area contributed by atoms with Crippen LogP contribution in [-0.2, 0) is 0 Å². The summed E-state index contributed by atoms with van der Waals surface area (Å²) in [6, 6.07) is 8.22. The van der Waals surface area contributed by atoms with E-state index < -0.39 is 6.10 Å². The number of halogens is 1. The Bertz CT molecular complexity index is 633. The van der Waals surface area contributed by atoms with Crippen LogP contribution in [0.4, 0.5) is 0 Å². The van der Waals surface area contributed by atoms with Gasteiger partial charge in [-0.2, -0.15) is 0 Å². The second kappa shape index (κ2) is 5.71. The normalized spacial score (nSPS) is 12.6. The van der Waals surface area contributed by atoms with Gasteiger partial charge in [-0.1, -0.05) is 28.1 Å². The lowest BCUT2D eigenvalue weighted by Gasteiger charge is -2.22. The number of aliphatic hydroxyl groups is 1. The first-order valence-corrected chi connectivity index (χ1v) is 7.63. The van der Waals surface area contributed by atoms with Crippen LogP contribution in [0.2, 0.25) is 0 Å². The Morgan fingerprint density at radius 3 is 1.90 bits per heavy atom.